The van der Waals surface area contributed by atoms with E-state index in [9.17, 15) is 0 Å². The van der Waals surface area contributed by atoms with Gasteiger partial charge in [-0.05, 0) is 24.7 Å². The first-order valence-corrected chi connectivity index (χ1v) is 4.72. The van der Waals surface area contributed by atoms with Crippen molar-refractivity contribution >= 4 is 11.4 Å². The zero-order valence-corrected chi connectivity index (χ0v) is 8.42. The summed E-state index contributed by atoms with van der Waals surface area (Å²) in [5.41, 5.74) is 12.5. The van der Waals surface area contributed by atoms with E-state index in [-0.39, 0.29) is 0 Å². The second-order valence-electron chi connectivity index (χ2n) is 3.00. The Balaban J connectivity index is 2.42. The van der Waals surface area contributed by atoms with Crippen molar-refractivity contribution < 1.29 is 4.74 Å². The number of nitrogens with one attached hydrogen (secondary N) is 1. The van der Waals surface area contributed by atoms with E-state index in [1.807, 2.05) is 0 Å². The van der Waals surface area contributed by atoms with Gasteiger partial charge in [-0.2, -0.15) is 0 Å². The molecular formula is C10H17N3O. The lowest BCUT2D eigenvalue weighted by Gasteiger charge is -2.09. The van der Waals surface area contributed by atoms with Crippen LogP contribution < -0.4 is 21.5 Å². The Labute approximate surface area is 84.2 Å². The average Bonchev–Trinajstić information content (AvgIpc) is 2.15. The van der Waals surface area contributed by atoms with E-state index in [1.54, 1.807) is 18.2 Å². The zero-order valence-electron chi connectivity index (χ0n) is 8.42. The number of ether oxygens (including phenoxy) is 1. The van der Waals surface area contributed by atoms with Crippen molar-refractivity contribution in [2.24, 2.45) is 0 Å². The highest BCUT2D eigenvalue weighted by atomic mass is 16.5. The second kappa shape index (κ2) is 5.34. The summed E-state index contributed by atoms with van der Waals surface area (Å²) < 4.78 is 5.45. The number of nitrogens with two attached hydrogens (primary N) is 2. The second-order valence-corrected chi connectivity index (χ2v) is 3.00. The smallest absolute Gasteiger partial charge is 0.142 e. The normalized spacial score (nSPS) is 10.1. The molecular weight excluding hydrogens is 178 g/mol. The highest BCUT2D eigenvalue weighted by Gasteiger charge is 1.99. The molecule has 0 aliphatic carbocycles. The van der Waals surface area contributed by atoms with Gasteiger partial charge in [0.15, 0.2) is 0 Å². The third-order valence-corrected chi connectivity index (χ3v) is 1.82. The van der Waals surface area contributed by atoms with Crippen molar-refractivity contribution in [3.05, 3.63) is 18.2 Å². The van der Waals surface area contributed by atoms with Crippen LogP contribution in [-0.2, 0) is 0 Å². The van der Waals surface area contributed by atoms with E-state index in [0.717, 1.165) is 13.1 Å². The summed E-state index contributed by atoms with van der Waals surface area (Å²) in [7, 11) is 0. The van der Waals surface area contributed by atoms with Crippen LogP contribution in [0.5, 0.6) is 5.75 Å². The highest BCUT2D eigenvalue weighted by molar-refractivity contribution is 5.60. The number of hydrogen-bond donors (Lipinski definition) is 3. The molecule has 0 aliphatic heterocycles. The molecule has 0 saturated carbocycles. The van der Waals surface area contributed by atoms with E-state index in [1.165, 1.54) is 0 Å². The van der Waals surface area contributed by atoms with Gasteiger partial charge in [0.1, 0.15) is 12.4 Å². The van der Waals surface area contributed by atoms with Gasteiger partial charge < -0.3 is 21.5 Å². The van der Waals surface area contributed by atoms with Gasteiger partial charge in [0.2, 0.25) is 0 Å². The third kappa shape index (κ3) is 3.14. The quantitative estimate of drug-likeness (QED) is 0.481. The molecule has 0 aromatic heterocycles. The van der Waals surface area contributed by atoms with E-state index in [2.05, 4.69) is 12.2 Å². The summed E-state index contributed by atoms with van der Waals surface area (Å²) in [4.78, 5) is 0. The Morgan fingerprint density at radius 3 is 2.79 bits per heavy atom. The largest absolute Gasteiger partial charge is 0.490 e. The minimum absolute atomic E-state index is 0.585. The molecule has 1 aromatic rings. The third-order valence-electron chi connectivity index (χ3n) is 1.82. The van der Waals surface area contributed by atoms with Crippen LogP contribution in [0.2, 0.25) is 0 Å². The summed E-state index contributed by atoms with van der Waals surface area (Å²) in [5, 5.41) is 3.16. The minimum atomic E-state index is 0.585. The van der Waals surface area contributed by atoms with Gasteiger partial charge in [-0.25, -0.2) is 0 Å². The van der Waals surface area contributed by atoms with Crippen molar-refractivity contribution in [3.63, 3.8) is 0 Å². The minimum Gasteiger partial charge on any atom is -0.490 e. The Morgan fingerprint density at radius 2 is 2.14 bits per heavy atom. The maximum atomic E-state index is 5.71. The molecule has 0 atom stereocenters. The van der Waals surface area contributed by atoms with Gasteiger partial charge >= 0.3 is 0 Å². The average molecular weight is 195 g/mol. The molecule has 4 heteroatoms. The SMILES string of the molecule is CCNCCOc1ccc(N)cc1N. The Hall–Kier alpha value is -1.42. The van der Waals surface area contributed by atoms with Crippen LogP contribution in [-0.4, -0.2) is 19.7 Å². The van der Waals surface area contributed by atoms with Gasteiger partial charge in [-0.1, -0.05) is 6.92 Å². The first-order valence-electron chi connectivity index (χ1n) is 4.72. The Bertz CT molecular complexity index is 289. The molecule has 0 unspecified atom stereocenters. The molecule has 0 amide bonds. The first kappa shape index (κ1) is 10.7. The van der Waals surface area contributed by atoms with Gasteiger partial charge in [0.05, 0.1) is 5.69 Å². The van der Waals surface area contributed by atoms with Crippen molar-refractivity contribution in [2.45, 2.75) is 6.92 Å². The standard InChI is InChI=1S/C10H17N3O/c1-2-13-5-6-14-10-4-3-8(11)7-9(10)12/h3-4,7,13H,2,5-6,11-12H2,1H3. The van der Waals surface area contributed by atoms with E-state index in [0.29, 0.717) is 23.7 Å². The number of likely N-dealkylation sites (N-methyl/N-ethyl adjacent to an activating group) is 1. The number of hydrogen-bond acceptors (Lipinski definition) is 4. The number of anilines is 2. The lowest BCUT2D eigenvalue weighted by atomic mass is 10.2. The molecule has 1 aromatic carbocycles. The zero-order chi connectivity index (χ0) is 10.4. The van der Waals surface area contributed by atoms with Crippen molar-refractivity contribution in [2.75, 3.05) is 31.2 Å². The lowest BCUT2D eigenvalue weighted by Crippen LogP contribution is -2.20. The van der Waals surface area contributed by atoms with Gasteiger partial charge in [0.25, 0.3) is 0 Å². The van der Waals surface area contributed by atoms with E-state index in [4.69, 9.17) is 16.2 Å². The topological polar surface area (TPSA) is 73.3 Å². The molecule has 0 radical (unpaired) electrons. The molecule has 5 N–H and O–H groups in total. The van der Waals surface area contributed by atoms with Crippen LogP contribution in [0.15, 0.2) is 18.2 Å². The van der Waals surface area contributed by atoms with Crippen LogP contribution in [0, 0.1) is 0 Å². The lowest BCUT2D eigenvalue weighted by molar-refractivity contribution is 0.317. The van der Waals surface area contributed by atoms with Gasteiger partial charge in [0, 0.05) is 12.2 Å². The summed E-state index contributed by atoms with van der Waals surface area (Å²) in [6, 6.07) is 5.26. The summed E-state index contributed by atoms with van der Waals surface area (Å²) in [6.07, 6.45) is 0. The Morgan fingerprint density at radius 1 is 1.36 bits per heavy atom. The highest BCUT2D eigenvalue weighted by Crippen LogP contribution is 2.23. The van der Waals surface area contributed by atoms with E-state index >= 15 is 0 Å². The maximum Gasteiger partial charge on any atom is 0.142 e. The van der Waals surface area contributed by atoms with Crippen LogP contribution in [0.25, 0.3) is 0 Å². The van der Waals surface area contributed by atoms with Crippen molar-refractivity contribution in [1.29, 1.82) is 0 Å². The number of benzene rings is 1. The summed E-state index contributed by atoms with van der Waals surface area (Å²) in [5.74, 6) is 0.692. The van der Waals surface area contributed by atoms with Gasteiger partial charge in [-0.15, -0.1) is 0 Å². The predicted octanol–water partition coefficient (Wildman–Crippen LogP) is 0.839. The molecule has 1 rings (SSSR count). The molecule has 0 spiro atoms. The fourth-order valence-electron chi connectivity index (χ4n) is 1.11. The van der Waals surface area contributed by atoms with E-state index < -0.39 is 0 Å². The molecule has 0 fully saturated rings. The molecule has 0 heterocycles. The van der Waals surface area contributed by atoms with Gasteiger partial charge in [-0.3, -0.25) is 0 Å². The monoisotopic (exact) mass is 195 g/mol. The molecule has 4 nitrogen and oxygen atoms in total. The molecule has 0 saturated heterocycles. The molecule has 0 aliphatic rings. The predicted molar refractivity (Wildman–Crippen MR) is 59.3 cm³/mol. The van der Waals surface area contributed by atoms with Crippen LogP contribution in [0.3, 0.4) is 0 Å². The summed E-state index contributed by atoms with van der Waals surface area (Å²) in [6.45, 7) is 4.43. The molecule has 78 valence electrons. The van der Waals surface area contributed by atoms with Crippen LogP contribution in [0.4, 0.5) is 11.4 Å². The molecule has 0 bridgehead atoms. The van der Waals surface area contributed by atoms with Crippen LogP contribution in [0.1, 0.15) is 6.92 Å². The number of rotatable bonds is 5. The van der Waals surface area contributed by atoms with Crippen molar-refractivity contribution in [1.82, 2.24) is 5.32 Å². The summed E-state index contributed by atoms with van der Waals surface area (Å²) >= 11 is 0. The Kier molecular flexibility index (Phi) is 4.07. The fraction of sp³-hybridized carbons (Fsp3) is 0.400. The fourth-order valence-corrected chi connectivity index (χ4v) is 1.11. The van der Waals surface area contributed by atoms with Crippen LogP contribution >= 0.6 is 0 Å². The molecule has 14 heavy (non-hydrogen) atoms. The number of nitrogen functional groups attached to an aromatic ring is 2. The first-order chi connectivity index (χ1) is 6.74. The van der Waals surface area contributed by atoms with Crippen molar-refractivity contribution in [3.8, 4) is 5.75 Å². The maximum absolute atomic E-state index is 5.71.